The first-order chi connectivity index (χ1) is 8.33. The van der Waals surface area contributed by atoms with E-state index < -0.39 is 0 Å². The van der Waals surface area contributed by atoms with E-state index in [-0.39, 0.29) is 6.61 Å². The second-order valence-corrected chi connectivity index (χ2v) is 3.59. The van der Waals surface area contributed by atoms with Crippen molar-refractivity contribution in [3.05, 3.63) is 47.5 Å². The van der Waals surface area contributed by atoms with Gasteiger partial charge in [0.1, 0.15) is 7.11 Å². The van der Waals surface area contributed by atoms with Gasteiger partial charge in [-0.25, -0.2) is 0 Å². The van der Waals surface area contributed by atoms with Crippen molar-refractivity contribution in [1.82, 2.24) is 0 Å². The van der Waals surface area contributed by atoms with Gasteiger partial charge in [-0.05, 0) is 18.4 Å². The number of aliphatic hydroxyl groups excluding tert-OH is 1. The Morgan fingerprint density at radius 3 is 2.76 bits per heavy atom. The van der Waals surface area contributed by atoms with Crippen LogP contribution in [-0.4, -0.2) is 24.5 Å². The monoisotopic (exact) mass is 233 g/mol. The first-order valence-corrected chi connectivity index (χ1v) is 5.77. The Bertz CT molecular complexity index is 397. The zero-order valence-electron chi connectivity index (χ0n) is 10.4. The summed E-state index contributed by atoms with van der Waals surface area (Å²) in [5.41, 5.74) is 3.25. The summed E-state index contributed by atoms with van der Waals surface area (Å²) in [6, 6.07) is 8.11. The highest BCUT2D eigenvalue weighted by molar-refractivity contribution is 6.01. The molecule has 0 unspecified atom stereocenters. The minimum atomic E-state index is 0.0783. The van der Waals surface area contributed by atoms with Gasteiger partial charge in [0.15, 0.2) is 0 Å². The Morgan fingerprint density at radius 2 is 2.12 bits per heavy atom. The molecule has 0 aliphatic carbocycles. The van der Waals surface area contributed by atoms with Gasteiger partial charge >= 0.3 is 0 Å². The lowest BCUT2D eigenvalue weighted by Gasteiger charge is -2.08. The first-order valence-electron chi connectivity index (χ1n) is 5.77. The van der Waals surface area contributed by atoms with Crippen LogP contribution in [0, 0.1) is 0 Å². The SMILES string of the molecule is CC/C(=N\OC)c1ccccc1C/C=C/CO. The molecule has 0 aromatic heterocycles. The Balaban J connectivity index is 2.98. The summed E-state index contributed by atoms with van der Waals surface area (Å²) in [5.74, 6) is 0. The van der Waals surface area contributed by atoms with Crippen LogP contribution in [0.15, 0.2) is 41.6 Å². The molecule has 3 heteroatoms. The quantitative estimate of drug-likeness (QED) is 0.466. The lowest BCUT2D eigenvalue weighted by atomic mass is 9.99. The van der Waals surface area contributed by atoms with Gasteiger partial charge in [0, 0.05) is 5.56 Å². The molecule has 0 heterocycles. The van der Waals surface area contributed by atoms with Crippen molar-refractivity contribution in [2.75, 3.05) is 13.7 Å². The second kappa shape index (κ2) is 7.63. The molecule has 3 nitrogen and oxygen atoms in total. The van der Waals surface area contributed by atoms with Gasteiger partial charge in [-0.2, -0.15) is 0 Å². The van der Waals surface area contributed by atoms with Crippen molar-refractivity contribution in [3.8, 4) is 0 Å². The molecule has 0 radical (unpaired) electrons. The average molecular weight is 233 g/mol. The van der Waals surface area contributed by atoms with Crippen LogP contribution in [0.25, 0.3) is 0 Å². The van der Waals surface area contributed by atoms with Crippen LogP contribution in [0.2, 0.25) is 0 Å². The van der Waals surface area contributed by atoms with Gasteiger partial charge < -0.3 is 9.94 Å². The first kappa shape index (κ1) is 13.5. The van der Waals surface area contributed by atoms with E-state index in [2.05, 4.69) is 18.1 Å². The molecule has 1 aromatic rings. The van der Waals surface area contributed by atoms with E-state index in [1.165, 1.54) is 5.56 Å². The van der Waals surface area contributed by atoms with Crippen molar-refractivity contribution in [2.24, 2.45) is 5.16 Å². The van der Waals surface area contributed by atoms with Crippen molar-refractivity contribution in [1.29, 1.82) is 0 Å². The minimum Gasteiger partial charge on any atom is -0.399 e. The van der Waals surface area contributed by atoms with Gasteiger partial charge in [0.25, 0.3) is 0 Å². The van der Waals surface area contributed by atoms with Gasteiger partial charge in [-0.1, -0.05) is 48.5 Å². The lowest BCUT2D eigenvalue weighted by Crippen LogP contribution is -2.04. The van der Waals surface area contributed by atoms with Crippen molar-refractivity contribution in [2.45, 2.75) is 19.8 Å². The number of oxime groups is 1. The van der Waals surface area contributed by atoms with Crippen LogP contribution in [-0.2, 0) is 11.3 Å². The highest BCUT2D eigenvalue weighted by atomic mass is 16.6. The molecule has 92 valence electrons. The van der Waals surface area contributed by atoms with Crippen LogP contribution in [0.5, 0.6) is 0 Å². The van der Waals surface area contributed by atoms with Crippen LogP contribution in [0.3, 0.4) is 0 Å². The Hall–Kier alpha value is -1.61. The average Bonchev–Trinajstić information content (AvgIpc) is 2.37. The maximum absolute atomic E-state index is 8.72. The molecule has 0 aliphatic heterocycles. The van der Waals surface area contributed by atoms with Crippen molar-refractivity contribution < 1.29 is 9.94 Å². The molecule has 0 bridgehead atoms. The van der Waals surface area contributed by atoms with E-state index in [4.69, 9.17) is 9.94 Å². The molecular formula is C14H19NO2. The fourth-order valence-electron chi connectivity index (χ4n) is 1.68. The summed E-state index contributed by atoms with van der Waals surface area (Å²) in [5, 5.41) is 12.8. The van der Waals surface area contributed by atoms with Gasteiger partial charge in [-0.15, -0.1) is 0 Å². The van der Waals surface area contributed by atoms with Crippen molar-refractivity contribution >= 4 is 5.71 Å². The Labute approximate surface area is 102 Å². The molecular weight excluding hydrogens is 214 g/mol. The predicted molar refractivity (Wildman–Crippen MR) is 70.2 cm³/mol. The number of rotatable bonds is 6. The fraction of sp³-hybridized carbons (Fsp3) is 0.357. The molecule has 0 amide bonds. The van der Waals surface area contributed by atoms with E-state index in [1.807, 2.05) is 24.3 Å². The van der Waals surface area contributed by atoms with E-state index in [0.29, 0.717) is 0 Å². The summed E-state index contributed by atoms with van der Waals surface area (Å²) in [7, 11) is 1.56. The highest BCUT2D eigenvalue weighted by Crippen LogP contribution is 2.13. The van der Waals surface area contributed by atoms with Crippen molar-refractivity contribution in [3.63, 3.8) is 0 Å². The molecule has 17 heavy (non-hydrogen) atoms. The molecule has 1 N–H and O–H groups in total. The number of aliphatic hydroxyl groups is 1. The summed E-state index contributed by atoms with van der Waals surface area (Å²) in [6.45, 7) is 2.13. The molecule has 0 spiro atoms. The van der Waals surface area contributed by atoms with Gasteiger partial charge in [-0.3, -0.25) is 0 Å². The van der Waals surface area contributed by atoms with E-state index in [0.717, 1.165) is 24.1 Å². The third-order valence-corrected chi connectivity index (χ3v) is 2.47. The summed E-state index contributed by atoms with van der Waals surface area (Å²) >= 11 is 0. The smallest absolute Gasteiger partial charge is 0.106 e. The fourth-order valence-corrected chi connectivity index (χ4v) is 1.68. The molecule has 0 saturated carbocycles. The highest BCUT2D eigenvalue weighted by Gasteiger charge is 2.06. The van der Waals surface area contributed by atoms with Crippen LogP contribution < -0.4 is 0 Å². The topological polar surface area (TPSA) is 41.8 Å². The number of allylic oxidation sites excluding steroid dienone is 1. The maximum Gasteiger partial charge on any atom is 0.106 e. The van der Waals surface area contributed by atoms with Crippen LogP contribution in [0.4, 0.5) is 0 Å². The largest absolute Gasteiger partial charge is 0.399 e. The third-order valence-electron chi connectivity index (χ3n) is 2.47. The summed E-state index contributed by atoms with van der Waals surface area (Å²) in [6.07, 6.45) is 5.32. The molecule has 0 atom stereocenters. The zero-order chi connectivity index (χ0) is 12.5. The van der Waals surface area contributed by atoms with E-state index in [9.17, 15) is 0 Å². The molecule has 0 aliphatic rings. The molecule has 0 fully saturated rings. The maximum atomic E-state index is 8.72. The molecule has 1 rings (SSSR count). The normalized spacial score (nSPS) is 12.1. The van der Waals surface area contributed by atoms with E-state index in [1.54, 1.807) is 13.2 Å². The van der Waals surface area contributed by atoms with E-state index >= 15 is 0 Å². The Kier molecular flexibility index (Phi) is 6.04. The summed E-state index contributed by atoms with van der Waals surface area (Å²) in [4.78, 5) is 4.86. The summed E-state index contributed by atoms with van der Waals surface area (Å²) < 4.78 is 0. The molecule has 0 saturated heterocycles. The van der Waals surface area contributed by atoms with Gasteiger partial charge in [0.2, 0.25) is 0 Å². The molecule has 1 aromatic carbocycles. The Morgan fingerprint density at radius 1 is 1.35 bits per heavy atom. The number of hydrogen-bond donors (Lipinski definition) is 1. The number of hydrogen-bond acceptors (Lipinski definition) is 3. The number of benzene rings is 1. The minimum absolute atomic E-state index is 0.0783. The second-order valence-electron chi connectivity index (χ2n) is 3.59. The lowest BCUT2D eigenvalue weighted by molar-refractivity contribution is 0.213. The van der Waals surface area contributed by atoms with Crippen LogP contribution in [0.1, 0.15) is 24.5 Å². The standard InChI is InChI=1S/C14H19NO2/c1-3-14(15-17-2)13-10-5-4-8-12(13)9-6-7-11-16/h4-8,10,16H,3,9,11H2,1-2H3/b7-6+,15-14+. The number of nitrogens with zero attached hydrogens (tertiary/aromatic N) is 1. The van der Waals surface area contributed by atoms with Gasteiger partial charge in [0.05, 0.1) is 12.3 Å². The predicted octanol–water partition coefficient (Wildman–Crippen LogP) is 2.54. The van der Waals surface area contributed by atoms with Crippen LogP contribution >= 0.6 is 0 Å². The zero-order valence-corrected chi connectivity index (χ0v) is 10.4. The third kappa shape index (κ3) is 4.04.